The normalized spacial score (nSPS) is 11.6. The van der Waals surface area contributed by atoms with Gasteiger partial charge in [-0.05, 0) is 127 Å². The molecule has 0 atom stereocenters. The van der Waals surface area contributed by atoms with Crippen LogP contribution in [0, 0.1) is 0 Å². The minimum absolute atomic E-state index is 0.0167. The van der Waals surface area contributed by atoms with Crippen LogP contribution in [-0.4, -0.2) is 71.0 Å². The average molecular weight is 837 g/mol. The van der Waals surface area contributed by atoms with Crippen molar-refractivity contribution in [3.8, 4) is 5.75 Å². The summed E-state index contributed by atoms with van der Waals surface area (Å²) >= 11 is 6.68. The Morgan fingerprint density at radius 2 is 1.27 bits per heavy atom. The Balaban J connectivity index is 0.00000387. The highest BCUT2D eigenvalue weighted by molar-refractivity contribution is 6.31. The number of carbonyl (C=O) groups excluding carboxylic acids is 6. The lowest BCUT2D eigenvalue weighted by Gasteiger charge is -2.26. The van der Waals surface area contributed by atoms with Crippen LogP contribution < -0.4 is 15.4 Å². The highest BCUT2D eigenvalue weighted by atomic mass is 35.5. The highest BCUT2D eigenvalue weighted by Crippen LogP contribution is 2.26. The molecule has 2 amide bonds. The van der Waals surface area contributed by atoms with Crippen molar-refractivity contribution < 1.29 is 47.7 Å². The molecule has 0 aliphatic rings. The van der Waals surface area contributed by atoms with Gasteiger partial charge in [0.05, 0.1) is 17.8 Å². The number of aliphatic imine (C=N–C) groups is 1. The van der Waals surface area contributed by atoms with Crippen LogP contribution in [0.3, 0.4) is 0 Å². The molecule has 3 aromatic carbocycles. The first-order valence-electron chi connectivity index (χ1n) is 18.9. The topological polar surface area (TPSA) is 179 Å². The molecule has 0 spiro atoms. The number of halogens is 1. The maximum absolute atomic E-state index is 13.1. The summed E-state index contributed by atoms with van der Waals surface area (Å²) in [5, 5.41) is 5.25. The Labute approximate surface area is 352 Å². The van der Waals surface area contributed by atoms with Gasteiger partial charge in [-0.1, -0.05) is 62.7 Å². The van der Waals surface area contributed by atoms with Crippen LogP contribution in [0.1, 0.15) is 110 Å². The maximum Gasteiger partial charge on any atom is 0.414 e. The number of ether oxygens (including phenoxy) is 4. The second-order valence-corrected chi connectivity index (χ2v) is 17.9. The number of benzene rings is 3. The highest BCUT2D eigenvalue weighted by Gasteiger charge is 2.23. The second-order valence-electron chi connectivity index (χ2n) is 17.5. The van der Waals surface area contributed by atoms with Gasteiger partial charge < -0.3 is 18.9 Å². The summed E-state index contributed by atoms with van der Waals surface area (Å²) in [6.45, 7) is 23.4. The van der Waals surface area contributed by atoms with Crippen molar-refractivity contribution in [1.82, 2.24) is 15.5 Å². The van der Waals surface area contributed by atoms with Gasteiger partial charge in [0.2, 0.25) is 5.96 Å². The molecule has 0 aliphatic carbocycles. The molecule has 0 aliphatic heterocycles. The lowest BCUT2D eigenvalue weighted by molar-refractivity contribution is -0.191. The van der Waals surface area contributed by atoms with E-state index in [9.17, 15) is 19.2 Å². The van der Waals surface area contributed by atoms with Gasteiger partial charge in [0.1, 0.15) is 22.6 Å². The molecule has 0 heterocycles. The third-order valence-corrected chi connectivity index (χ3v) is 7.84. The molecule has 2 N–H and O–H groups in total. The van der Waals surface area contributed by atoms with Crippen LogP contribution in [0.2, 0.25) is 5.02 Å². The van der Waals surface area contributed by atoms with Crippen LogP contribution in [0.25, 0.3) is 0 Å². The van der Waals surface area contributed by atoms with E-state index in [1.165, 1.54) is 29.8 Å². The molecule has 0 radical (unpaired) electrons. The quantitative estimate of drug-likeness (QED) is 0.0656. The standard InChI is InChI=1S/C43H57ClN4O8.CO2/c1-40(2,3)31-15-13-14-28(24-31)26-48(27-35(49)54-41(4,5)6)23-22-29-18-21-33(25-34(29)44)53-36(50)30-16-19-32(20-17-30)45-37(46-38(51)55-42(7,8)9)47-39(52)56-43(10,11)12;2-1-3/h13-21,24-25H,22-23,26-27H2,1-12H3,(H2,45,46,47,51,52);. The fraction of sp³-hybridized carbons (Fsp3) is 0.455. The number of rotatable bonds is 10. The zero-order valence-electron chi connectivity index (χ0n) is 36.0. The largest absolute Gasteiger partial charge is 0.459 e. The van der Waals surface area contributed by atoms with Gasteiger partial charge in [-0.3, -0.25) is 20.3 Å². The molecular weight excluding hydrogens is 780 g/mol. The summed E-state index contributed by atoms with van der Waals surface area (Å²) < 4.78 is 21.8. The van der Waals surface area contributed by atoms with Gasteiger partial charge in [-0.25, -0.2) is 19.4 Å². The van der Waals surface area contributed by atoms with Gasteiger partial charge in [0.15, 0.2) is 0 Å². The van der Waals surface area contributed by atoms with E-state index < -0.39 is 35.0 Å². The molecule has 14 nitrogen and oxygen atoms in total. The first-order chi connectivity index (χ1) is 27.2. The van der Waals surface area contributed by atoms with Crippen molar-refractivity contribution >= 4 is 53.5 Å². The SMILES string of the molecule is CC(C)(C)OC(=O)CN(CCc1ccc(OC(=O)c2ccc(N=C(NC(=O)OC(C)(C)C)NC(=O)OC(C)(C)C)cc2)cc1Cl)Cc1cccc(C(C)(C)C)c1.O=C=O. The van der Waals surface area contributed by atoms with Gasteiger partial charge in [-0.15, -0.1) is 0 Å². The smallest absolute Gasteiger partial charge is 0.414 e. The Morgan fingerprint density at radius 3 is 1.76 bits per heavy atom. The Bertz CT molecular complexity index is 1950. The fourth-order valence-corrected chi connectivity index (χ4v) is 5.36. The van der Waals surface area contributed by atoms with E-state index in [4.69, 9.17) is 40.1 Å². The number of hydrogen-bond donors (Lipinski definition) is 2. The summed E-state index contributed by atoms with van der Waals surface area (Å²) in [5.74, 6) is -0.931. The van der Waals surface area contributed by atoms with Crippen molar-refractivity contribution in [3.63, 3.8) is 0 Å². The molecule has 3 rings (SSSR count). The van der Waals surface area contributed by atoms with E-state index in [2.05, 4.69) is 54.6 Å². The summed E-state index contributed by atoms with van der Waals surface area (Å²) in [7, 11) is 0. The first kappa shape index (κ1) is 49.6. The van der Waals surface area contributed by atoms with E-state index in [0.29, 0.717) is 30.2 Å². The molecule has 0 fully saturated rings. The van der Waals surface area contributed by atoms with E-state index in [1.807, 2.05) is 31.7 Å². The minimum Gasteiger partial charge on any atom is -0.459 e. The predicted molar refractivity (Wildman–Crippen MR) is 224 cm³/mol. The van der Waals surface area contributed by atoms with E-state index >= 15 is 0 Å². The zero-order valence-corrected chi connectivity index (χ0v) is 36.8. The molecule has 0 aromatic heterocycles. The summed E-state index contributed by atoms with van der Waals surface area (Å²) in [5.41, 5.74) is 1.43. The van der Waals surface area contributed by atoms with Crippen LogP contribution >= 0.6 is 11.6 Å². The number of nitrogens with zero attached hydrogens (tertiary/aromatic N) is 2. The number of alkyl carbamates (subject to hydrolysis) is 2. The van der Waals surface area contributed by atoms with Crippen molar-refractivity contribution in [2.75, 3.05) is 13.1 Å². The molecule has 320 valence electrons. The lowest BCUT2D eigenvalue weighted by Crippen LogP contribution is -2.47. The monoisotopic (exact) mass is 836 g/mol. The molecule has 59 heavy (non-hydrogen) atoms. The van der Waals surface area contributed by atoms with Gasteiger partial charge in [0.25, 0.3) is 0 Å². The second kappa shape index (κ2) is 21.4. The summed E-state index contributed by atoms with van der Waals surface area (Å²) in [6, 6.07) is 19.4. The Morgan fingerprint density at radius 1 is 0.729 bits per heavy atom. The minimum atomic E-state index is -0.836. The molecule has 0 saturated heterocycles. The predicted octanol–water partition coefficient (Wildman–Crippen LogP) is 8.70. The Kier molecular flexibility index (Phi) is 18.0. The Hall–Kier alpha value is -5.56. The van der Waals surface area contributed by atoms with Gasteiger partial charge >= 0.3 is 30.3 Å². The van der Waals surface area contributed by atoms with Gasteiger partial charge in [-0.2, -0.15) is 9.59 Å². The van der Waals surface area contributed by atoms with Crippen LogP contribution in [0.4, 0.5) is 15.3 Å². The number of carbonyl (C=O) groups is 4. The number of guanidine groups is 1. The van der Waals surface area contributed by atoms with E-state index in [1.54, 1.807) is 59.7 Å². The average Bonchev–Trinajstić information content (AvgIpc) is 3.05. The maximum atomic E-state index is 13.1. The third-order valence-electron chi connectivity index (χ3n) is 7.49. The molecule has 0 bridgehead atoms. The lowest BCUT2D eigenvalue weighted by atomic mass is 9.86. The number of hydrogen-bond acceptors (Lipinski definition) is 12. The number of esters is 2. The summed E-state index contributed by atoms with van der Waals surface area (Å²) in [4.78, 5) is 73.4. The van der Waals surface area contributed by atoms with Gasteiger partial charge in [0, 0.05) is 18.1 Å². The molecule has 0 saturated carbocycles. The zero-order chi connectivity index (χ0) is 44.8. The van der Waals surface area contributed by atoms with Crippen LogP contribution in [0.5, 0.6) is 5.75 Å². The van der Waals surface area contributed by atoms with Crippen LogP contribution in [0.15, 0.2) is 71.7 Å². The fourth-order valence-electron chi connectivity index (χ4n) is 5.09. The molecular formula is C44H57ClN4O10. The van der Waals surface area contributed by atoms with E-state index in [-0.39, 0.29) is 41.4 Å². The molecule has 3 aromatic rings. The van der Waals surface area contributed by atoms with Crippen molar-refractivity contribution in [2.24, 2.45) is 4.99 Å². The third kappa shape index (κ3) is 20.1. The number of nitrogens with one attached hydrogen (secondary N) is 2. The van der Waals surface area contributed by atoms with Crippen molar-refractivity contribution in [1.29, 1.82) is 0 Å². The van der Waals surface area contributed by atoms with Crippen molar-refractivity contribution in [2.45, 2.75) is 118 Å². The molecule has 15 heteroatoms. The first-order valence-corrected chi connectivity index (χ1v) is 19.3. The van der Waals surface area contributed by atoms with E-state index in [0.717, 1.165) is 11.1 Å². The summed E-state index contributed by atoms with van der Waals surface area (Å²) in [6.07, 6.45) is -0.890. The van der Waals surface area contributed by atoms with Crippen LogP contribution in [-0.2, 0) is 47.0 Å². The molecule has 0 unspecified atom stereocenters. The van der Waals surface area contributed by atoms with Crippen molar-refractivity contribution in [3.05, 3.63) is 94.0 Å². The number of amides is 2.